The van der Waals surface area contributed by atoms with Gasteiger partial charge < -0.3 is 24.1 Å². The van der Waals surface area contributed by atoms with Gasteiger partial charge in [-0.3, -0.25) is 0 Å². The van der Waals surface area contributed by atoms with E-state index in [1.165, 1.54) is 0 Å². The molecule has 0 spiro atoms. The van der Waals surface area contributed by atoms with E-state index in [1.54, 1.807) is 12.1 Å². The molecule has 3 aliphatic heterocycles. The second kappa shape index (κ2) is 3.75. The molecule has 0 saturated carbocycles. The maximum atomic E-state index is 9.56. The number of ether oxygens (including phenoxy) is 4. The lowest BCUT2D eigenvalue weighted by molar-refractivity contribution is 0.138. The van der Waals surface area contributed by atoms with Gasteiger partial charge in [-0.2, -0.15) is 0 Å². The van der Waals surface area contributed by atoms with Crippen molar-refractivity contribution in [2.75, 3.05) is 13.4 Å². The van der Waals surface area contributed by atoms with Crippen molar-refractivity contribution in [1.29, 1.82) is 0 Å². The molecule has 2 atom stereocenters. The quantitative estimate of drug-likeness (QED) is 0.806. The minimum atomic E-state index is -0.0909. The van der Waals surface area contributed by atoms with Gasteiger partial charge in [0.05, 0.1) is 12.5 Å². The summed E-state index contributed by atoms with van der Waals surface area (Å²) in [7, 11) is 0. The van der Waals surface area contributed by atoms with Crippen LogP contribution in [0.3, 0.4) is 0 Å². The number of hydrogen-bond acceptors (Lipinski definition) is 5. The third kappa shape index (κ3) is 1.46. The zero-order chi connectivity index (χ0) is 14.0. The van der Waals surface area contributed by atoms with Crippen molar-refractivity contribution in [2.24, 2.45) is 0 Å². The highest BCUT2D eigenvalue weighted by atomic mass is 16.7. The molecule has 0 saturated heterocycles. The first-order valence-corrected chi connectivity index (χ1v) is 6.85. The van der Waals surface area contributed by atoms with Crippen molar-refractivity contribution in [3.05, 3.63) is 41.5 Å². The largest absolute Gasteiger partial charge is 0.508 e. The summed E-state index contributed by atoms with van der Waals surface area (Å²) in [5.41, 5.74) is 2.05. The van der Waals surface area contributed by atoms with Crippen LogP contribution in [-0.4, -0.2) is 18.5 Å². The normalized spacial score (nSPS) is 23.6. The van der Waals surface area contributed by atoms with Gasteiger partial charge >= 0.3 is 0 Å². The molecule has 0 fully saturated rings. The summed E-state index contributed by atoms with van der Waals surface area (Å²) in [5, 5.41) is 9.56. The predicted molar refractivity (Wildman–Crippen MR) is 72.3 cm³/mol. The standard InChI is InChI=1S/C16H12O5/c17-8-1-2-9-12(3-8)18-6-11-10-4-14-15(20-7-19-14)5-13(10)21-16(9)11/h1-5,11,16-17H,6-7H2/t11-,16+/m0/s1. The van der Waals surface area contributed by atoms with E-state index in [0.29, 0.717) is 12.4 Å². The third-order valence-corrected chi connectivity index (χ3v) is 4.25. The summed E-state index contributed by atoms with van der Waals surface area (Å²) in [6.07, 6.45) is -0.0909. The zero-order valence-corrected chi connectivity index (χ0v) is 11.0. The highest BCUT2D eigenvalue weighted by molar-refractivity contribution is 5.57. The van der Waals surface area contributed by atoms with Gasteiger partial charge in [0.2, 0.25) is 6.79 Å². The van der Waals surface area contributed by atoms with Gasteiger partial charge in [0, 0.05) is 23.3 Å². The molecule has 0 aromatic heterocycles. The fourth-order valence-electron chi connectivity index (χ4n) is 3.23. The minimum absolute atomic E-state index is 0.0909. The van der Waals surface area contributed by atoms with Crippen molar-refractivity contribution >= 4 is 0 Å². The number of phenolic OH excluding ortho intramolecular Hbond substituents is 1. The Hall–Kier alpha value is -2.56. The van der Waals surface area contributed by atoms with E-state index in [2.05, 4.69) is 0 Å². The van der Waals surface area contributed by atoms with Crippen LogP contribution in [0.1, 0.15) is 23.1 Å². The van der Waals surface area contributed by atoms with Gasteiger partial charge in [-0.15, -0.1) is 0 Å². The lowest BCUT2D eigenvalue weighted by atomic mass is 9.89. The van der Waals surface area contributed by atoms with Crippen LogP contribution in [0.2, 0.25) is 0 Å². The molecular formula is C16H12O5. The van der Waals surface area contributed by atoms with Crippen molar-refractivity contribution in [1.82, 2.24) is 0 Å². The van der Waals surface area contributed by atoms with E-state index < -0.39 is 0 Å². The number of benzene rings is 2. The molecule has 0 radical (unpaired) electrons. The Kier molecular flexibility index (Phi) is 1.99. The topological polar surface area (TPSA) is 57.2 Å². The molecule has 0 bridgehead atoms. The summed E-state index contributed by atoms with van der Waals surface area (Å²) in [5.74, 6) is 3.31. The molecule has 3 heterocycles. The highest BCUT2D eigenvalue weighted by Gasteiger charge is 2.42. The molecule has 106 valence electrons. The number of hydrogen-bond donors (Lipinski definition) is 1. The molecule has 1 N–H and O–H groups in total. The Morgan fingerprint density at radius 3 is 2.62 bits per heavy atom. The third-order valence-electron chi connectivity index (χ3n) is 4.25. The van der Waals surface area contributed by atoms with Crippen LogP contribution in [0.4, 0.5) is 0 Å². The minimum Gasteiger partial charge on any atom is -0.508 e. The average Bonchev–Trinajstić information content (AvgIpc) is 3.07. The van der Waals surface area contributed by atoms with Gasteiger partial charge in [0.1, 0.15) is 23.4 Å². The Labute approximate surface area is 120 Å². The average molecular weight is 284 g/mol. The lowest BCUT2D eigenvalue weighted by Crippen LogP contribution is -2.23. The number of fused-ring (bicyclic) bond motifs is 6. The SMILES string of the molecule is Oc1ccc2c(c1)OC[C@H]1c3cc4c(cc3O[C@H]21)OCO4. The second-order valence-corrected chi connectivity index (χ2v) is 5.42. The van der Waals surface area contributed by atoms with E-state index in [4.69, 9.17) is 18.9 Å². The van der Waals surface area contributed by atoms with E-state index >= 15 is 0 Å². The molecule has 2 aromatic carbocycles. The number of aromatic hydroxyl groups is 1. The Balaban J connectivity index is 1.62. The molecular weight excluding hydrogens is 272 g/mol. The number of phenols is 1. The highest BCUT2D eigenvalue weighted by Crippen LogP contribution is 2.54. The fourth-order valence-corrected chi connectivity index (χ4v) is 3.23. The Morgan fingerprint density at radius 1 is 0.857 bits per heavy atom. The van der Waals surface area contributed by atoms with E-state index in [9.17, 15) is 5.11 Å². The Bertz CT molecular complexity index is 755. The van der Waals surface area contributed by atoms with Crippen molar-refractivity contribution in [2.45, 2.75) is 12.0 Å². The second-order valence-electron chi connectivity index (χ2n) is 5.42. The fraction of sp³-hybridized carbons (Fsp3) is 0.250. The molecule has 0 amide bonds. The van der Waals surface area contributed by atoms with E-state index in [-0.39, 0.29) is 24.6 Å². The first-order chi connectivity index (χ1) is 10.3. The summed E-state index contributed by atoms with van der Waals surface area (Å²) < 4.78 is 22.7. The van der Waals surface area contributed by atoms with Gasteiger partial charge in [-0.05, 0) is 18.2 Å². The van der Waals surface area contributed by atoms with Crippen molar-refractivity contribution in [3.63, 3.8) is 0 Å². The molecule has 0 unspecified atom stereocenters. The van der Waals surface area contributed by atoms with Crippen molar-refractivity contribution in [3.8, 4) is 28.7 Å². The van der Waals surface area contributed by atoms with Crippen LogP contribution in [0.15, 0.2) is 30.3 Å². The van der Waals surface area contributed by atoms with Gasteiger partial charge in [0.15, 0.2) is 11.5 Å². The van der Waals surface area contributed by atoms with Gasteiger partial charge in [-0.25, -0.2) is 0 Å². The molecule has 21 heavy (non-hydrogen) atoms. The summed E-state index contributed by atoms with van der Waals surface area (Å²) in [6, 6.07) is 9.01. The van der Waals surface area contributed by atoms with Crippen LogP contribution < -0.4 is 18.9 Å². The molecule has 3 aliphatic rings. The maximum absolute atomic E-state index is 9.56. The number of rotatable bonds is 0. The molecule has 5 nitrogen and oxygen atoms in total. The maximum Gasteiger partial charge on any atom is 0.231 e. The van der Waals surface area contributed by atoms with Gasteiger partial charge in [0.25, 0.3) is 0 Å². The van der Waals surface area contributed by atoms with Crippen LogP contribution in [0, 0.1) is 0 Å². The first-order valence-electron chi connectivity index (χ1n) is 6.85. The monoisotopic (exact) mass is 284 g/mol. The lowest BCUT2D eigenvalue weighted by Gasteiger charge is -2.27. The zero-order valence-electron chi connectivity index (χ0n) is 11.0. The summed E-state index contributed by atoms with van der Waals surface area (Å²) in [6.45, 7) is 0.776. The molecule has 5 heteroatoms. The molecule has 2 aromatic rings. The Morgan fingerprint density at radius 2 is 1.71 bits per heavy atom. The van der Waals surface area contributed by atoms with Crippen molar-refractivity contribution < 1.29 is 24.1 Å². The molecule has 0 aliphatic carbocycles. The first kappa shape index (κ1) is 11.1. The van der Waals surface area contributed by atoms with Gasteiger partial charge in [-0.1, -0.05) is 0 Å². The predicted octanol–water partition coefficient (Wildman–Crippen LogP) is 2.73. The summed E-state index contributed by atoms with van der Waals surface area (Å²) >= 11 is 0. The molecule has 5 rings (SSSR count). The van der Waals surface area contributed by atoms with Crippen LogP contribution >= 0.6 is 0 Å². The van der Waals surface area contributed by atoms with Crippen LogP contribution in [0.5, 0.6) is 28.7 Å². The smallest absolute Gasteiger partial charge is 0.231 e. The van der Waals surface area contributed by atoms with E-state index in [0.717, 1.165) is 28.4 Å². The summed E-state index contributed by atoms with van der Waals surface area (Å²) in [4.78, 5) is 0. The van der Waals surface area contributed by atoms with Crippen LogP contribution in [0.25, 0.3) is 0 Å². The van der Waals surface area contributed by atoms with Crippen LogP contribution in [-0.2, 0) is 0 Å². The van der Waals surface area contributed by atoms with E-state index in [1.807, 2.05) is 18.2 Å².